The van der Waals surface area contributed by atoms with Gasteiger partial charge in [-0.05, 0) is 102 Å². The standard InChI is InChI=1S/C33H43ClF2N2O5/c1-32(2,3)43-31(40)38-20-27(18-26(38)19-29(39)41-6)42-28-17-25(35)16-22(30(28)36)15-21-11-13-33(14-12-21,37(4)5)23-7-9-24(34)10-8-23/h7-10,16-17,21,26-27H,11-15,18-20H2,1-6H3/t21-,26-,27-,33-/m0/s1. The van der Waals surface area contributed by atoms with E-state index in [1.54, 1.807) is 20.8 Å². The number of methoxy groups -OCH3 is 1. The Morgan fingerprint density at radius 1 is 1.09 bits per heavy atom. The number of ether oxygens (including phenoxy) is 3. The number of rotatable bonds is 8. The number of nitrogens with zero attached hydrogens (tertiary/aromatic N) is 2. The Morgan fingerprint density at radius 3 is 2.33 bits per heavy atom. The first-order valence-corrected chi connectivity index (χ1v) is 15.2. The summed E-state index contributed by atoms with van der Waals surface area (Å²) in [6, 6.07) is 9.70. The zero-order valence-corrected chi connectivity index (χ0v) is 26.7. The van der Waals surface area contributed by atoms with Crippen molar-refractivity contribution in [2.24, 2.45) is 5.92 Å². The van der Waals surface area contributed by atoms with Crippen LogP contribution in [0.1, 0.15) is 70.4 Å². The maximum Gasteiger partial charge on any atom is 0.410 e. The number of benzene rings is 2. The quantitative estimate of drug-likeness (QED) is 0.293. The highest BCUT2D eigenvalue weighted by Gasteiger charge is 2.41. The predicted octanol–water partition coefficient (Wildman–Crippen LogP) is 7.13. The van der Waals surface area contributed by atoms with Crippen molar-refractivity contribution in [2.45, 2.75) is 89.0 Å². The van der Waals surface area contributed by atoms with E-state index < -0.39 is 41.4 Å². The van der Waals surface area contributed by atoms with Crippen LogP contribution in [0.25, 0.3) is 0 Å². The average molecular weight is 621 g/mol. The molecule has 2 atom stereocenters. The number of carbonyl (C=O) groups is 2. The number of esters is 1. The second-order valence-corrected chi connectivity index (χ2v) is 13.4. The van der Waals surface area contributed by atoms with E-state index in [1.165, 1.54) is 23.6 Å². The first kappa shape index (κ1) is 33.0. The van der Waals surface area contributed by atoms with Crippen LogP contribution < -0.4 is 4.74 Å². The van der Waals surface area contributed by atoms with E-state index in [0.29, 0.717) is 11.4 Å². The summed E-state index contributed by atoms with van der Waals surface area (Å²) in [6.45, 7) is 5.32. The van der Waals surface area contributed by atoms with Gasteiger partial charge >= 0.3 is 12.1 Å². The molecule has 0 N–H and O–H groups in total. The molecule has 0 bridgehead atoms. The van der Waals surface area contributed by atoms with Crippen LogP contribution in [0.15, 0.2) is 36.4 Å². The molecule has 43 heavy (non-hydrogen) atoms. The molecule has 1 aliphatic carbocycles. The van der Waals surface area contributed by atoms with Crippen molar-refractivity contribution in [3.63, 3.8) is 0 Å². The maximum absolute atomic E-state index is 15.8. The molecule has 0 aromatic heterocycles. The molecule has 0 radical (unpaired) electrons. The summed E-state index contributed by atoms with van der Waals surface area (Å²) in [7, 11) is 5.43. The molecule has 7 nitrogen and oxygen atoms in total. The Hall–Kier alpha value is -2.91. The highest BCUT2D eigenvalue weighted by molar-refractivity contribution is 6.30. The number of carbonyl (C=O) groups excluding carboxylic acids is 2. The Bertz CT molecular complexity index is 1290. The number of amides is 1. The van der Waals surface area contributed by atoms with Crippen molar-refractivity contribution >= 4 is 23.7 Å². The van der Waals surface area contributed by atoms with Gasteiger partial charge in [-0.25, -0.2) is 13.6 Å². The van der Waals surface area contributed by atoms with Crippen molar-refractivity contribution in [3.8, 4) is 5.75 Å². The lowest BCUT2D eigenvalue weighted by molar-refractivity contribution is -0.141. The molecule has 2 aromatic carbocycles. The highest BCUT2D eigenvalue weighted by atomic mass is 35.5. The van der Waals surface area contributed by atoms with E-state index >= 15 is 4.39 Å². The fourth-order valence-electron chi connectivity index (χ4n) is 6.43. The lowest BCUT2D eigenvalue weighted by Gasteiger charge is -2.45. The molecule has 0 spiro atoms. The molecular weight excluding hydrogens is 578 g/mol. The molecule has 2 aromatic rings. The van der Waals surface area contributed by atoms with Crippen LogP contribution in [0.2, 0.25) is 5.02 Å². The van der Waals surface area contributed by atoms with Crippen LogP contribution in [0.3, 0.4) is 0 Å². The van der Waals surface area contributed by atoms with E-state index in [2.05, 4.69) is 31.1 Å². The summed E-state index contributed by atoms with van der Waals surface area (Å²) in [4.78, 5) is 28.6. The molecule has 1 aliphatic heterocycles. The average Bonchev–Trinajstić information content (AvgIpc) is 3.33. The van der Waals surface area contributed by atoms with Crippen LogP contribution in [0.4, 0.5) is 13.6 Å². The van der Waals surface area contributed by atoms with E-state index in [0.717, 1.165) is 31.7 Å². The van der Waals surface area contributed by atoms with Gasteiger partial charge in [0.05, 0.1) is 20.1 Å². The van der Waals surface area contributed by atoms with Crippen LogP contribution in [-0.2, 0) is 26.2 Å². The van der Waals surface area contributed by atoms with Gasteiger partial charge in [-0.1, -0.05) is 23.7 Å². The van der Waals surface area contributed by atoms with Crippen LogP contribution >= 0.6 is 11.6 Å². The molecular formula is C33H43ClF2N2O5. The molecule has 1 amide bonds. The minimum atomic E-state index is -0.741. The van der Waals surface area contributed by atoms with Gasteiger partial charge in [0, 0.05) is 29.1 Å². The summed E-state index contributed by atoms with van der Waals surface area (Å²) >= 11 is 6.13. The normalized spacial score (nSPS) is 24.2. The maximum atomic E-state index is 15.8. The van der Waals surface area contributed by atoms with Crippen molar-refractivity contribution in [3.05, 3.63) is 64.2 Å². The fraction of sp³-hybridized carbons (Fsp3) is 0.576. The van der Waals surface area contributed by atoms with Crippen LogP contribution in [0, 0.1) is 17.6 Å². The summed E-state index contributed by atoms with van der Waals surface area (Å²) in [6.07, 6.45) is 2.82. The molecule has 2 fully saturated rings. The molecule has 2 aliphatic rings. The first-order chi connectivity index (χ1) is 20.2. The zero-order valence-electron chi connectivity index (χ0n) is 25.9. The minimum absolute atomic E-state index is 0.0569. The smallest absolute Gasteiger partial charge is 0.410 e. The Kier molecular flexibility index (Phi) is 10.3. The zero-order chi connectivity index (χ0) is 31.5. The molecule has 10 heteroatoms. The Balaban J connectivity index is 1.46. The van der Waals surface area contributed by atoms with Gasteiger partial charge in [-0.2, -0.15) is 0 Å². The summed E-state index contributed by atoms with van der Waals surface area (Å²) in [5, 5.41) is 0.695. The van der Waals surface area contributed by atoms with E-state index in [4.69, 9.17) is 25.8 Å². The monoisotopic (exact) mass is 620 g/mol. The van der Waals surface area contributed by atoms with Gasteiger partial charge in [0.15, 0.2) is 11.6 Å². The van der Waals surface area contributed by atoms with E-state index in [-0.39, 0.29) is 42.2 Å². The topological polar surface area (TPSA) is 68.3 Å². The Morgan fingerprint density at radius 2 is 1.74 bits per heavy atom. The van der Waals surface area contributed by atoms with Gasteiger partial charge in [-0.3, -0.25) is 9.69 Å². The highest BCUT2D eigenvalue weighted by Crippen LogP contribution is 2.44. The van der Waals surface area contributed by atoms with Crippen molar-refractivity contribution in [1.82, 2.24) is 9.80 Å². The van der Waals surface area contributed by atoms with Crippen molar-refractivity contribution < 1.29 is 32.6 Å². The first-order valence-electron chi connectivity index (χ1n) is 14.8. The molecule has 0 unspecified atom stereocenters. The van der Waals surface area contributed by atoms with Gasteiger partial charge in [-0.15, -0.1) is 0 Å². The van der Waals surface area contributed by atoms with Crippen LogP contribution in [0.5, 0.6) is 5.75 Å². The number of halogens is 3. The second kappa shape index (κ2) is 13.4. The molecule has 4 rings (SSSR count). The predicted molar refractivity (Wildman–Crippen MR) is 161 cm³/mol. The molecule has 1 heterocycles. The fourth-order valence-corrected chi connectivity index (χ4v) is 6.56. The number of likely N-dealkylation sites (tertiary alicyclic amines) is 1. The van der Waals surface area contributed by atoms with Gasteiger partial charge < -0.3 is 19.1 Å². The van der Waals surface area contributed by atoms with E-state index in [9.17, 15) is 14.0 Å². The number of hydrogen-bond acceptors (Lipinski definition) is 6. The second-order valence-electron chi connectivity index (χ2n) is 13.0. The van der Waals surface area contributed by atoms with Gasteiger partial charge in [0.25, 0.3) is 0 Å². The van der Waals surface area contributed by atoms with Crippen molar-refractivity contribution in [1.29, 1.82) is 0 Å². The van der Waals surface area contributed by atoms with Gasteiger partial charge in [0.1, 0.15) is 17.5 Å². The molecule has 1 saturated heterocycles. The SMILES string of the molecule is COC(=O)C[C@@H]1C[C@H](Oc2cc(F)cc(C[C@H]3CC[C@](c4ccc(Cl)cc4)(N(C)C)CC3)c2F)CN1C(=O)OC(C)(C)C. The number of hydrogen-bond donors (Lipinski definition) is 0. The molecule has 236 valence electrons. The lowest BCUT2D eigenvalue weighted by atomic mass is 9.70. The third kappa shape index (κ3) is 7.98. The third-order valence-corrected chi connectivity index (χ3v) is 8.94. The summed E-state index contributed by atoms with van der Waals surface area (Å²) in [5.74, 6) is -1.67. The lowest BCUT2D eigenvalue weighted by Crippen LogP contribution is -2.44. The summed E-state index contributed by atoms with van der Waals surface area (Å²) in [5.41, 5.74) is 0.599. The van der Waals surface area contributed by atoms with Crippen LogP contribution in [-0.4, -0.2) is 67.4 Å². The molecule has 1 saturated carbocycles. The summed E-state index contributed by atoms with van der Waals surface area (Å²) < 4.78 is 46.9. The largest absolute Gasteiger partial charge is 0.485 e. The Labute approximate surface area is 258 Å². The van der Waals surface area contributed by atoms with Crippen molar-refractivity contribution in [2.75, 3.05) is 27.7 Å². The minimum Gasteiger partial charge on any atom is -0.485 e. The third-order valence-electron chi connectivity index (χ3n) is 8.69. The van der Waals surface area contributed by atoms with Gasteiger partial charge in [0.2, 0.25) is 0 Å². The van der Waals surface area contributed by atoms with E-state index in [1.807, 2.05) is 12.1 Å².